The lowest BCUT2D eigenvalue weighted by Gasteiger charge is -2.36. The molecule has 0 saturated carbocycles. The summed E-state index contributed by atoms with van der Waals surface area (Å²) in [6, 6.07) is 4.61. The van der Waals surface area contributed by atoms with Crippen LogP contribution in [0.25, 0.3) is 0 Å². The van der Waals surface area contributed by atoms with Gasteiger partial charge in [0.05, 0.1) is 10.5 Å². The first-order valence-electron chi connectivity index (χ1n) is 9.87. The van der Waals surface area contributed by atoms with E-state index in [-0.39, 0.29) is 22.0 Å². The van der Waals surface area contributed by atoms with Crippen LogP contribution in [0.4, 0.5) is 10.7 Å². The molecule has 1 aromatic heterocycles. The van der Waals surface area contributed by atoms with E-state index >= 15 is 0 Å². The maximum atomic E-state index is 12.9. The van der Waals surface area contributed by atoms with Crippen LogP contribution in [0.3, 0.4) is 0 Å². The van der Waals surface area contributed by atoms with Gasteiger partial charge >= 0.3 is 0 Å². The van der Waals surface area contributed by atoms with Crippen molar-refractivity contribution in [2.24, 2.45) is 11.3 Å². The Bertz CT molecular complexity index is 1000. The number of anilines is 1. The first-order chi connectivity index (χ1) is 13.7. The molecule has 1 amide bonds. The van der Waals surface area contributed by atoms with Crippen LogP contribution in [-0.2, 0) is 12.8 Å². The number of carbonyl (C=O) groups excluding carboxylic acids is 1. The van der Waals surface area contributed by atoms with E-state index in [4.69, 9.17) is 11.6 Å². The van der Waals surface area contributed by atoms with Gasteiger partial charge in [-0.15, -0.1) is 11.3 Å². The van der Waals surface area contributed by atoms with Crippen molar-refractivity contribution in [3.63, 3.8) is 0 Å². The predicted molar refractivity (Wildman–Crippen MR) is 116 cm³/mol. The molecule has 4 rings (SSSR count). The molecule has 2 atom stereocenters. The third kappa shape index (κ3) is 3.51. The largest absolute Gasteiger partial charge is 0.353 e. The Labute approximate surface area is 178 Å². The van der Waals surface area contributed by atoms with Gasteiger partial charge in [0.1, 0.15) is 16.2 Å². The summed E-state index contributed by atoms with van der Waals surface area (Å²) in [6.45, 7) is 6.88. The van der Waals surface area contributed by atoms with Crippen LogP contribution in [0, 0.1) is 21.4 Å². The second-order valence-corrected chi connectivity index (χ2v) is 10.0. The average Bonchev–Trinajstić information content (AvgIpc) is 3.06. The summed E-state index contributed by atoms with van der Waals surface area (Å²) in [5.74, 6) is 0.491. The molecule has 8 heteroatoms. The molecule has 2 N–H and O–H groups in total. The molecule has 2 aliphatic rings. The Morgan fingerprint density at radius 1 is 1.34 bits per heavy atom. The van der Waals surface area contributed by atoms with Crippen LogP contribution in [0.15, 0.2) is 18.2 Å². The number of nitrogens with one attached hydrogen (secondary N) is 2. The van der Waals surface area contributed by atoms with Crippen molar-refractivity contribution >= 4 is 39.5 Å². The number of thiophene rings is 1. The van der Waals surface area contributed by atoms with Crippen molar-refractivity contribution in [3.05, 3.63) is 54.9 Å². The molecule has 0 bridgehead atoms. The summed E-state index contributed by atoms with van der Waals surface area (Å²) in [7, 11) is 0. The Hall–Kier alpha value is -2.12. The summed E-state index contributed by atoms with van der Waals surface area (Å²) < 4.78 is 0. The zero-order valence-corrected chi connectivity index (χ0v) is 18.2. The number of fused-ring (bicyclic) bond motifs is 3. The predicted octanol–water partition coefficient (Wildman–Crippen LogP) is 5.70. The average molecular weight is 434 g/mol. The first-order valence-corrected chi connectivity index (χ1v) is 11.1. The molecule has 154 valence electrons. The van der Waals surface area contributed by atoms with Gasteiger partial charge < -0.3 is 10.6 Å². The zero-order chi connectivity index (χ0) is 20.9. The van der Waals surface area contributed by atoms with Gasteiger partial charge in [-0.1, -0.05) is 44.9 Å². The molecule has 2 heterocycles. The highest BCUT2D eigenvalue weighted by Gasteiger charge is 2.37. The van der Waals surface area contributed by atoms with E-state index in [1.807, 2.05) is 0 Å². The van der Waals surface area contributed by atoms with Crippen molar-refractivity contribution in [3.8, 4) is 0 Å². The lowest BCUT2D eigenvalue weighted by molar-refractivity contribution is -0.384. The Morgan fingerprint density at radius 2 is 2.10 bits per heavy atom. The minimum absolute atomic E-state index is 0.0812. The van der Waals surface area contributed by atoms with Crippen molar-refractivity contribution in [2.45, 2.75) is 52.6 Å². The van der Waals surface area contributed by atoms with E-state index in [0.717, 1.165) is 36.2 Å². The number of carbonyl (C=O) groups is 1. The first kappa shape index (κ1) is 20.2. The van der Waals surface area contributed by atoms with E-state index in [9.17, 15) is 14.9 Å². The molecule has 2 unspecified atom stereocenters. The smallest absolute Gasteiger partial charge is 0.288 e. The van der Waals surface area contributed by atoms with Gasteiger partial charge in [-0.2, -0.15) is 0 Å². The highest BCUT2D eigenvalue weighted by Crippen LogP contribution is 2.47. The molecular weight excluding hydrogens is 410 g/mol. The Kier molecular flexibility index (Phi) is 5.07. The summed E-state index contributed by atoms with van der Waals surface area (Å²) in [6.07, 6.45) is 3.63. The topological polar surface area (TPSA) is 84.3 Å². The number of benzene rings is 1. The third-order valence-corrected chi connectivity index (χ3v) is 8.07. The summed E-state index contributed by atoms with van der Waals surface area (Å²) in [4.78, 5) is 24.9. The van der Waals surface area contributed by atoms with E-state index < -0.39 is 11.1 Å². The molecule has 2 aromatic rings. The normalized spacial score (nSPS) is 21.0. The highest BCUT2D eigenvalue weighted by atomic mass is 35.5. The number of amides is 1. The molecule has 1 aliphatic carbocycles. The fraction of sp³-hybridized carbons (Fsp3) is 0.476. The maximum Gasteiger partial charge on any atom is 0.288 e. The zero-order valence-electron chi connectivity index (χ0n) is 16.7. The third-order valence-electron chi connectivity index (χ3n) is 6.56. The van der Waals surface area contributed by atoms with Gasteiger partial charge in [0.2, 0.25) is 0 Å². The lowest BCUT2D eigenvalue weighted by atomic mass is 9.69. The van der Waals surface area contributed by atoms with Crippen LogP contribution >= 0.6 is 22.9 Å². The van der Waals surface area contributed by atoms with Crippen LogP contribution in [0.2, 0.25) is 5.02 Å². The van der Waals surface area contributed by atoms with Gasteiger partial charge in [-0.25, -0.2) is 0 Å². The summed E-state index contributed by atoms with van der Waals surface area (Å²) in [5, 5.41) is 18.5. The summed E-state index contributed by atoms with van der Waals surface area (Å²) in [5.41, 5.74) is 2.64. The molecule has 1 aliphatic heterocycles. The van der Waals surface area contributed by atoms with Gasteiger partial charge in [-0.3, -0.25) is 14.9 Å². The fourth-order valence-corrected chi connectivity index (χ4v) is 5.81. The molecule has 0 spiro atoms. The number of nitro groups is 1. The molecule has 1 aromatic carbocycles. The van der Waals surface area contributed by atoms with Crippen molar-refractivity contribution in [1.29, 1.82) is 0 Å². The second kappa shape index (κ2) is 7.29. The van der Waals surface area contributed by atoms with Gasteiger partial charge in [0.15, 0.2) is 0 Å². The molecule has 0 radical (unpaired) electrons. The molecule has 0 fully saturated rings. The quantitative estimate of drug-likeness (QED) is 0.478. The van der Waals surface area contributed by atoms with Crippen LogP contribution < -0.4 is 10.6 Å². The standard InChI is InChI=1S/C21H24ClN3O3S/c1-4-21(2,3)12-6-7-13-16(10-12)29-20-17(13)19(26)23-18(24-20)11-5-8-14(22)15(9-11)25(27)28/h5,8-9,12,18,24H,4,6-7,10H2,1-3H3,(H,23,26). The highest BCUT2D eigenvalue weighted by molar-refractivity contribution is 7.16. The fourth-order valence-electron chi connectivity index (χ4n) is 4.27. The summed E-state index contributed by atoms with van der Waals surface area (Å²) >= 11 is 7.58. The van der Waals surface area contributed by atoms with Crippen molar-refractivity contribution < 1.29 is 9.72 Å². The van der Waals surface area contributed by atoms with E-state index in [2.05, 4.69) is 31.4 Å². The van der Waals surface area contributed by atoms with E-state index in [1.165, 1.54) is 22.6 Å². The number of nitrogens with zero attached hydrogens (tertiary/aromatic N) is 1. The second-order valence-electron chi connectivity index (χ2n) is 8.51. The molecule has 0 saturated heterocycles. The monoisotopic (exact) mass is 433 g/mol. The number of halogens is 1. The number of hydrogen-bond donors (Lipinski definition) is 2. The van der Waals surface area contributed by atoms with Crippen LogP contribution in [0.5, 0.6) is 0 Å². The Balaban J connectivity index is 1.64. The number of hydrogen-bond acceptors (Lipinski definition) is 5. The lowest BCUT2D eigenvalue weighted by Crippen LogP contribution is -2.38. The molecule has 29 heavy (non-hydrogen) atoms. The number of rotatable bonds is 4. The number of nitro benzene ring substituents is 1. The Morgan fingerprint density at radius 3 is 2.79 bits per heavy atom. The van der Waals surface area contributed by atoms with E-state index in [1.54, 1.807) is 17.4 Å². The van der Waals surface area contributed by atoms with Gasteiger partial charge in [0, 0.05) is 16.5 Å². The van der Waals surface area contributed by atoms with Crippen molar-refractivity contribution in [1.82, 2.24) is 5.32 Å². The molecule has 6 nitrogen and oxygen atoms in total. The van der Waals surface area contributed by atoms with Crippen molar-refractivity contribution in [2.75, 3.05) is 5.32 Å². The molecular formula is C21H24ClN3O3S. The van der Waals surface area contributed by atoms with Gasteiger partial charge in [-0.05, 0) is 42.2 Å². The minimum Gasteiger partial charge on any atom is -0.353 e. The van der Waals surface area contributed by atoms with Gasteiger partial charge in [0.25, 0.3) is 11.6 Å². The van der Waals surface area contributed by atoms with Crippen LogP contribution in [-0.4, -0.2) is 10.8 Å². The van der Waals surface area contributed by atoms with Crippen LogP contribution in [0.1, 0.15) is 66.1 Å². The minimum atomic E-state index is -0.519. The SMILES string of the molecule is CCC(C)(C)C1CCc2c(sc3c2C(=O)NC(c2ccc(Cl)c([N+](=O)[O-])c2)N3)C1. The maximum absolute atomic E-state index is 12.9. The van der Waals surface area contributed by atoms with E-state index in [0.29, 0.717) is 11.5 Å².